The van der Waals surface area contributed by atoms with Crippen LogP contribution in [-0.4, -0.2) is 17.4 Å². The number of rotatable bonds is 4. The zero-order valence-electron chi connectivity index (χ0n) is 9.72. The van der Waals surface area contributed by atoms with Crippen molar-refractivity contribution >= 4 is 11.8 Å². The van der Waals surface area contributed by atoms with Crippen LogP contribution in [0, 0.1) is 5.92 Å². The number of carbonyl (C=O) groups is 2. The summed E-state index contributed by atoms with van der Waals surface area (Å²) in [4.78, 5) is 22.9. The van der Waals surface area contributed by atoms with Gasteiger partial charge in [0.1, 0.15) is 5.60 Å². The fraction of sp³-hybridized carbons (Fsp3) is 0.818. The minimum Gasteiger partial charge on any atom is -0.454 e. The van der Waals surface area contributed by atoms with Crippen molar-refractivity contribution < 1.29 is 14.3 Å². The van der Waals surface area contributed by atoms with Crippen LogP contribution in [0.15, 0.2) is 0 Å². The lowest BCUT2D eigenvalue weighted by Gasteiger charge is -2.20. The first kappa shape index (κ1) is 13.1. The van der Waals surface area contributed by atoms with Gasteiger partial charge in [0, 0.05) is 5.92 Å². The van der Waals surface area contributed by atoms with Gasteiger partial charge in [0.25, 0.3) is 0 Å². The molecule has 0 bridgehead atoms. The molecule has 3 heteroatoms. The van der Waals surface area contributed by atoms with E-state index in [-0.39, 0.29) is 5.92 Å². The molecule has 0 N–H and O–H groups in total. The SMILES string of the molecule is CCC(CC)C(=O)C(=O)OC(C)(C)C. The van der Waals surface area contributed by atoms with Crippen molar-refractivity contribution in [1.82, 2.24) is 0 Å². The monoisotopic (exact) mass is 200 g/mol. The normalized spacial score (nSPS) is 11.6. The summed E-state index contributed by atoms with van der Waals surface area (Å²) in [7, 11) is 0. The van der Waals surface area contributed by atoms with Gasteiger partial charge in [-0.15, -0.1) is 0 Å². The van der Waals surface area contributed by atoms with E-state index in [0.29, 0.717) is 12.8 Å². The molecule has 3 nitrogen and oxygen atoms in total. The lowest BCUT2D eigenvalue weighted by molar-refractivity contribution is -0.164. The maximum absolute atomic E-state index is 11.5. The van der Waals surface area contributed by atoms with Crippen molar-refractivity contribution in [3.05, 3.63) is 0 Å². The van der Waals surface area contributed by atoms with Crippen molar-refractivity contribution in [3.8, 4) is 0 Å². The summed E-state index contributed by atoms with van der Waals surface area (Å²) in [6.45, 7) is 9.06. The van der Waals surface area contributed by atoms with Crippen LogP contribution in [0.25, 0.3) is 0 Å². The first-order valence-electron chi connectivity index (χ1n) is 5.09. The van der Waals surface area contributed by atoms with E-state index in [1.807, 2.05) is 13.8 Å². The summed E-state index contributed by atoms with van der Waals surface area (Å²) in [5.41, 5.74) is -0.585. The van der Waals surface area contributed by atoms with Crippen LogP contribution in [0.1, 0.15) is 47.5 Å². The van der Waals surface area contributed by atoms with Crippen LogP contribution in [-0.2, 0) is 14.3 Å². The smallest absolute Gasteiger partial charge is 0.375 e. The van der Waals surface area contributed by atoms with E-state index < -0.39 is 17.4 Å². The number of Topliss-reactive ketones (excluding diaryl/α,β-unsaturated/α-hetero) is 1. The van der Waals surface area contributed by atoms with E-state index in [2.05, 4.69) is 0 Å². The van der Waals surface area contributed by atoms with Gasteiger partial charge in [-0.25, -0.2) is 4.79 Å². The van der Waals surface area contributed by atoms with E-state index in [0.717, 1.165) is 0 Å². The van der Waals surface area contributed by atoms with Gasteiger partial charge in [-0.05, 0) is 33.6 Å². The summed E-state index contributed by atoms with van der Waals surface area (Å²) in [5.74, 6) is -1.29. The fourth-order valence-electron chi connectivity index (χ4n) is 1.15. The number of carbonyl (C=O) groups excluding carboxylic acids is 2. The molecule has 0 aliphatic carbocycles. The molecule has 14 heavy (non-hydrogen) atoms. The Morgan fingerprint density at radius 1 is 1.14 bits per heavy atom. The summed E-state index contributed by atoms with van der Waals surface area (Å²) in [5, 5.41) is 0. The Balaban J connectivity index is 4.32. The molecule has 0 saturated carbocycles. The third kappa shape index (κ3) is 4.40. The third-order valence-corrected chi connectivity index (χ3v) is 1.96. The van der Waals surface area contributed by atoms with Crippen molar-refractivity contribution in [2.75, 3.05) is 0 Å². The van der Waals surface area contributed by atoms with E-state index in [1.165, 1.54) is 0 Å². The summed E-state index contributed by atoms with van der Waals surface area (Å²) in [6.07, 6.45) is 1.38. The van der Waals surface area contributed by atoms with E-state index in [9.17, 15) is 9.59 Å². The van der Waals surface area contributed by atoms with Crippen molar-refractivity contribution in [3.63, 3.8) is 0 Å². The third-order valence-electron chi connectivity index (χ3n) is 1.96. The molecule has 0 amide bonds. The second-order valence-electron chi connectivity index (χ2n) is 4.38. The van der Waals surface area contributed by atoms with Gasteiger partial charge >= 0.3 is 5.97 Å². The zero-order valence-corrected chi connectivity index (χ0v) is 9.72. The molecule has 0 aliphatic heterocycles. The number of ketones is 1. The number of hydrogen-bond donors (Lipinski definition) is 0. The average Bonchev–Trinajstić information content (AvgIpc) is 2.03. The highest BCUT2D eigenvalue weighted by Gasteiger charge is 2.27. The molecule has 0 heterocycles. The second-order valence-corrected chi connectivity index (χ2v) is 4.38. The molecule has 82 valence electrons. The molecular weight excluding hydrogens is 180 g/mol. The van der Waals surface area contributed by atoms with Gasteiger partial charge in [0.2, 0.25) is 5.78 Å². The summed E-state index contributed by atoms with van der Waals surface area (Å²) >= 11 is 0. The van der Waals surface area contributed by atoms with Crippen molar-refractivity contribution in [2.45, 2.75) is 53.1 Å². The molecule has 0 rings (SSSR count). The summed E-state index contributed by atoms with van der Waals surface area (Å²) < 4.78 is 5.00. The highest BCUT2D eigenvalue weighted by Crippen LogP contribution is 2.13. The molecule has 0 aromatic heterocycles. The molecule has 0 unspecified atom stereocenters. The molecular formula is C11H20O3. The molecule has 0 aromatic rings. The van der Waals surface area contributed by atoms with Crippen LogP contribution >= 0.6 is 0 Å². The van der Waals surface area contributed by atoms with Gasteiger partial charge in [0.05, 0.1) is 0 Å². The van der Waals surface area contributed by atoms with Crippen LogP contribution in [0.2, 0.25) is 0 Å². The van der Waals surface area contributed by atoms with Gasteiger partial charge in [-0.1, -0.05) is 13.8 Å². The maximum Gasteiger partial charge on any atom is 0.375 e. The lowest BCUT2D eigenvalue weighted by atomic mass is 9.98. The molecule has 0 fully saturated rings. The first-order chi connectivity index (χ1) is 6.31. The number of hydrogen-bond acceptors (Lipinski definition) is 3. The Hall–Kier alpha value is -0.860. The van der Waals surface area contributed by atoms with E-state index >= 15 is 0 Å². The Morgan fingerprint density at radius 3 is 1.86 bits per heavy atom. The van der Waals surface area contributed by atoms with Gasteiger partial charge in [-0.2, -0.15) is 0 Å². The first-order valence-corrected chi connectivity index (χ1v) is 5.09. The minimum atomic E-state index is -0.703. The largest absolute Gasteiger partial charge is 0.454 e. The Kier molecular flexibility index (Phi) is 4.81. The van der Waals surface area contributed by atoms with E-state index in [4.69, 9.17) is 4.74 Å². The van der Waals surface area contributed by atoms with Crippen LogP contribution in [0.3, 0.4) is 0 Å². The predicted molar refractivity (Wildman–Crippen MR) is 54.9 cm³/mol. The molecule has 0 aromatic carbocycles. The van der Waals surface area contributed by atoms with Gasteiger partial charge in [-0.3, -0.25) is 4.79 Å². The van der Waals surface area contributed by atoms with Crippen LogP contribution in [0.5, 0.6) is 0 Å². The summed E-state index contributed by atoms with van der Waals surface area (Å²) in [6, 6.07) is 0. The molecule has 0 radical (unpaired) electrons. The van der Waals surface area contributed by atoms with Crippen LogP contribution in [0.4, 0.5) is 0 Å². The molecule has 0 atom stereocenters. The Morgan fingerprint density at radius 2 is 1.57 bits per heavy atom. The van der Waals surface area contributed by atoms with E-state index in [1.54, 1.807) is 20.8 Å². The second kappa shape index (κ2) is 5.13. The highest BCUT2D eigenvalue weighted by atomic mass is 16.6. The number of esters is 1. The van der Waals surface area contributed by atoms with Gasteiger partial charge < -0.3 is 4.74 Å². The maximum atomic E-state index is 11.5. The quantitative estimate of drug-likeness (QED) is 0.516. The fourth-order valence-corrected chi connectivity index (χ4v) is 1.15. The van der Waals surface area contributed by atoms with Crippen molar-refractivity contribution in [1.29, 1.82) is 0 Å². The Bertz CT molecular complexity index is 209. The molecule has 0 spiro atoms. The molecule has 0 aliphatic rings. The average molecular weight is 200 g/mol. The highest BCUT2D eigenvalue weighted by molar-refractivity contribution is 6.34. The molecule has 0 saturated heterocycles. The minimum absolute atomic E-state index is 0.190. The topological polar surface area (TPSA) is 43.4 Å². The Labute approximate surface area is 85.8 Å². The standard InChI is InChI=1S/C11H20O3/c1-6-8(7-2)9(12)10(13)14-11(3,4)5/h8H,6-7H2,1-5H3. The zero-order chi connectivity index (χ0) is 11.4. The lowest BCUT2D eigenvalue weighted by Crippen LogP contribution is -2.32. The van der Waals surface area contributed by atoms with Crippen molar-refractivity contribution in [2.24, 2.45) is 5.92 Å². The number of ether oxygens (including phenoxy) is 1. The predicted octanol–water partition coefficient (Wildman–Crippen LogP) is 2.33. The van der Waals surface area contributed by atoms with Crippen LogP contribution < -0.4 is 0 Å². The van der Waals surface area contributed by atoms with Gasteiger partial charge in [0.15, 0.2) is 0 Å².